The summed E-state index contributed by atoms with van der Waals surface area (Å²) in [7, 11) is 0. The maximum Gasteiger partial charge on any atom is 0.317 e. The largest absolute Gasteiger partial charge is 0.494 e. The number of aromatic nitrogens is 1. The van der Waals surface area contributed by atoms with Gasteiger partial charge in [-0.15, -0.1) is 6.42 Å². The van der Waals surface area contributed by atoms with Crippen molar-refractivity contribution in [1.29, 1.82) is 0 Å². The molecule has 3 atom stereocenters. The van der Waals surface area contributed by atoms with Crippen molar-refractivity contribution in [3.8, 4) is 18.1 Å². The number of halogens is 3. The average molecular weight is 1420 g/mol. The molecule has 0 unspecified atom stereocenters. The summed E-state index contributed by atoms with van der Waals surface area (Å²) in [5, 5.41) is 32.4. The first-order chi connectivity index (χ1) is 44.3. The van der Waals surface area contributed by atoms with Crippen LogP contribution in [0.2, 0.25) is 0 Å². The number of likely N-dealkylation sites (tertiary alicyclic amines) is 1. The quantitative estimate of drug-likeness (QED) is 0.0207. The number of aliphatic carboxylic acids is 1. The zero-order valence-electron chi connectivity index (χ0n) is 51.7. The summed E-state index contributed by atoms with van der Waals surface area (Å²) in [6.45, 7) is 5.07. The highest BCUT2D eigenvalue weighted by atomic mass is 127. The maximum atomic E-state index is 14.0. The van der Waals surface area contributed by atoms with Gasteiger partial charge in [0.2, 0.25) is 23.6 Å². The normalized spacial score (nSPS) is 17.8. The van der Waals surface area contributed by atoms with Crippen LogP contribution in [0.4, 0.5) is 8.78 Å². The molecule has 26 nitrogen and oxygen atoms in total. The molecule has 6 N–H and O–H groups in total. The van der Waals surface area contributed by atoms with Crippen molar-refractivity contribution >= 4 is 99.6 Å². The third kappa shape index (κ3) is 26.3. The van der Waals surface area contributed by atoms with Crippen molar-refractivity contribution in [1.82, 2.24) is 60.6 Å². The van der Waals surface area contributed by atoms with Crippen LogP contribution in [-0.2, 0) is 54.3 Å². The molecule has 92 heavy (non-hydrogen) atoms. The zero-order chi connectivity index (χ0) is 66.3. The first-order valence-corrected chi connectivity index (χ1v) is 33.1. The van der Waals surface area contributed by atoms with E-state index in [1.807, 2.05) is 39.0 Å². The van der Waals surface area contributed by atoms with Crippen LogP contribution in [0.1, 0.15) is 60.9 Å². The van der Waals surface area contributed by atoms with Crippen molar-refractivity contribution in [3.63, 3.8) is 0 Å². The number of nitrogens with zero attached hydrogens (tertiary/aromatic N) is 8. The number of piperazine rings is 1. The highest BCUT2D eigenvalue weighted by molar-refractivity contribution is 14.1. The number of unbranched alkanes of at least 4 members (excludes halogenated alkanes) is 1. The number of hydrogen-bond acceptors (Lipinski definition) is 20. The second kappa shape index (κ2) is 39.6. The molecule has 3 aromatic rings. The number of amides is 6. The van der Waals surface area contributed by atoms with E-state index in [4.69, 9.17) is 20.6 Å². The number of hydrogen-bond donors (Lipinski definition) is 6. The molecule has 0 radical (unpaired) electrons. The number of benzene rings is 2. The Morgan fingerprint density at radius 2 is 1.43 bits per heavy atom. The molecule has 3 aliphatic heterocycles. The second-order valence-corrected chi connectivity index (χ2v) is 25.0. The van der Waals surface area contributed by atoms with Crippen molar-refractivity contribution in [2.45, 2.75) is 75.5 Å². The highest BCUT2D eigenvalue weighted by Gasteiger charge is 2.46. The van der Waals surface area contributed by atoms with E-state index < -0.39 is 79.1 Å². The maximum absolute atomic E-state index is 14.0. The number of aryl methyl sites for hydroxylation is 1. The van der Waals surface area contributed by atoms with Crippen molar-refractivity contribution in [3.05, 3.63) is 69.4 Å². The zero-order valence-corrected chi connectivity index (χ0v) is 54.7. The van der Waals surface area contributed by atoms with E-state index in [0.29, 0.717) is 153 Å². The highest BCUT2D eigenvalue weighted by Crippen LogP contribution is 2.32. The fourth-order valence-corrected chi connectivity index (χ4v) is 11.9. The van der Waals surface area contributed by atoms with Crippen LogP contribution in [0.25, 0.3) is 10.9 Å². The predicted octanol–water partition coefficient (Wildman–Crippen LogP) is 0.923. The number of ether oxygens (including phenoxy) is 3. The standard InChI is InChI=1S/C62H85F2IN12O14S/c1-2-48-36-62(63,64)41-77(48)57(83)37-69-59(86)50-16-18-66-52-15-14-49(35-51(50)52)91-33-6-20-71-29-31-76(32-30-71)61(88)54(80)40-92-34-19-68-60(87)53(8-3-4-17-67-55(81)9-5-7-46-10-12-47(65)13-11-46)70-56(82)38-72-21-22-73(39-58(84)85)24-26-75(43-90-45-79)28-27-74(25-23-72)42-89-44-78/h1,10-16,18,35,44-45,48,53-54,80H,3-9,17,19-34,36-43H2,(H,67,81)(H,68,87)(H,69,86)(H,70,82)(H,84,85)/t48-,53-,54+/m0/s1. The van der Waals surface area contributed by atoms with Crippen LogP contribution in [0.5, 0.6) is 5.75 Å². The Morgan fingerprint density at radius 3 is 2.09 bits per heavy atom. The number of pyridine rings is 1. The summed E-state index contributed by atoms with van der Waals surface area (Å²) in [5.41, 5.74) is 1.88. The number of terminal acetylenes is 1. The van der Waals surface area contributed by atoms with Gasteiger partial charge in [-0.25, -0.2) is 8.78 Å². The number of rotatable bonds is 35. The van der Waals surface area contributed by atoms with Gasteiger partial charge >= 0.3 is 5.97 Å². The molecular formula is C62H85F2IN12O14S. The Morgan fingerprint density at radius 1 is 0.783 bits per heavy atom. The number of thioether (sulfide) groups is 1. The van der Waals surface area contributed by atoms with Gasteiger partial charge in [0.05, 0.1) is 49.9 Å². The van der Waals surface area contributed by atoms with E-state index in [2.05, 4.69) is 59.7 Å². The molecule has 3 fully saturated rings. The molecule has 0 saturated carbocycles. The summed E-state index contributed by atoms with van der Waals surface area (Å²) in [5.74, 6) is -3.67. The number of fused-ring (bicyclic) bond motifs is 1. The smallest absolute Gasteiger partial charge is 0.317 e. The van der Waals surface area contributed by atoms with Gasteiger partial charge in [0.25, 0.3) is 30.7 Å². The molecule has 1 aromatic heterocycles. The number of alkyl halides is 2. The summed E-state index contributed by atoms with van der Waals surface area (Å²) < 4.78 is 45.2. The van der Waals surface area contributed by atoms with Gasteiger partial charge in [0.15, 0.2) is 0 Å². The number of carboxylic acid groups (broad SMARTS) is 1. The first-order valence-electron chi connectivity index (χ1n) is 30.8. The van der Waals surface area contributed by atoms with Crippen molar-refractivity contribution in [2.24, 2.45) is 0 Å². The van der Waals surface area contributed by atoms with Crippen LogP contribution >= 0.6 is 34.4 Å². The molecule has 30 heteroatoms. The van der Waals surface area contributed by atoms with E-state index in [1.54, 1.807) is 28.0 Å². The van der Waals surface area contributed by atoms with Crippen molar-refractivity contribution in [2.75, 3.05) is 156 Å². The van der Waals surface area contributed by atoms with Gasteiger partial charge < -0.3 is 55.5 Å². The number of nitrogens with one attached hydrogen (secondary N) is 4. The van der Waals surface area contributed by atoms with E-state index in [1.165, 1.54) is 24.0 Å². The number of carboxylic acids is 1. The van der Waals surface area contributed by atoms with Gasteiger partial charge in [0, 0.05) is 138 Å². The number of aliphatic hydroxyl groups is 1. The third-order valence-electron chi connectivity index (χ3n) is 15.8. The lowest BCUT2D eigenvalue weighted by Gasteiger charge is -2.35. The SMILES string of the molecule is C#C[C@H]1CC(F)(F)CN1C(=O)CNC(=O)c1ccnc2ccc(OCCCN3CCN(C(=O)[C@H](O)CSCCNC(=O)[C@H](CCCCNC(=O)CCCc4ccc(I)cc4)NC(=O)CN4CCN(COC=O)CCN(COC=O)CCN(CC(=O)O)CC4)CC3)cc12. The van der Waals surface area contributed by atoms with Gasteiger partial charge in [-0.1, -0.05) is 18.1 Å². The summed E-state index contributed by atoms with van der Waals surface area (Å²) in [6, 6.07) is 12.7. The molecule has 6 amide bonds. The summed E-state index contributed by atoms with van der Waals surface area (Å²) in [6.07, 6.45) is 8.66. The van der Waals surface area contributed by atoms with Crippen LogP contribution in [0.15, 0.2) is 54.7 Å². The number of aliphatic hydroxyl groups excluding tert-OH is 1. The minimum atomic E-state index is -3.11. The van der Waals surface area contributed by atoms with Gasteiger partial charge in [-0.2, -0.15) is 11.8 Å². The fraction of sp³-hybridized carbons (Fsp3) is 0.581. The molecule has 0 bridgehead atoms. The van der Waals surface area contributed by atoms with E-state index in [0.717, 1.165) is 20.5 Å². The van der Waals surface area contributed by atoms with Crippen LogP contribution < -0.4 is 26.0 Å². The average Bonchev–Trinajstić information content (AvgIpc) is 1.30. The van der Waals surface area contributed by atoms with E-state index in [9.17, 15) is 62.1 Å². The molecule has 0 spiro atoms. The Balaban J connectivity index is 0.932. The topological polar surface area (TPSA) is 305 Å². The van der Waals surface area contributed by atoms with E-state index in [-0.39, 0.29) is 69.8 Å². The summed E-state index contributed by atoms with van der Waals surface area (Å²) >= 11 is 3.54. The Labute approximate surface area is 552 Å². The fourth-order valence-electron chi connectivity index (χ4n) is 10.7. The lowest BCUT2D eigenvalue weighted by Crippen LogP contribution is -2.52. The van der Waals surface area contributed by atoms with Gasteiger partial charge in [0.1, 0.15) is 31.4 Å². The molecular weight excluding hydrogens is 1330 g/mol. The molecule has 4 heterocycles. The molecule has 6 rings (SSSR count). The Kier molecular flexibility index (Phi) is 32.0. The third-order valence-corrected chi connectivity index (χ3v) is 17.6. The van der Waals surface area contributed by atoms with Gasteiger partial charge in [-0.05, 0) is 103 Å². The molecule has 504 valence electrons. The second-order valence-electron chi connectivity index (χ2n) is 22.6. The Hall–Kier alpha value is -6.86. The van der Waals surface area contributed by atoms with Crippen LogP contribution in [0, 0.1) is 15.9 Å². The lowest BCUT2D eigenvalue weighted by atomic mass is 10.1. The van der Waals surface area contributed by atoms with Crippen LogP contribution in [-0.4, -0.2) is 284 Å². The predicted molar refractivity (Wildman–Crippen MR) is 346 cm³/mol. The first kappa shape index (κ1) is 74.2. The molecule has 0 aliphatic carbocycles. The van der Waals surface area contributed by atoms with Gasteiger partial charge in [-0.3, -0.25) is 72.6 Å². The monoisotopic (exact) mass is 1420 g/mol. The molecule has 3 aliphatic rings. The Bertz CT molecular complexity index is 2950. The minimum absolute atomic E-state index is 0.0154. The van der Waals surface area contributed by atoms with Crippen molar-refractivity contribution < 1.29 is 76.4 Å². The summed E-state index contributed by atoms with van der Waals surface area (Å²) in [4.78, 5) is 130. The number of carbonyl (C=O) groups is 9. The van der Waals surface area contributed by atoms with Crippen LogP contribution in [0.3, 0.4) is 0 Å². The minimum Gasteiger partial charge on any atom is -0.494 e. The lowest BCUT2D eigenvalue weighted by molar-refractivity contribution is -0.141. The number of carbonyl (C=O) groups excluding carboxylic acids is 8. The molecule has 2 aromatic carbocycles. The molecule has 3 saturated heterocycles. The van der Waals surface area contributed by atoms with E-state index >= 15 is 0 Å².